The molecule has 22 heavy (non-hydrogen) atoms. The second kappa shape index (κ2) is 6.55. The molecule has 2 heterocycles. The molecule has 7 heteroatoms. The average molecular weight is 302 g/mol. The van der Waals surface area contributed by atoms with Crippen LogP contribution < -0.4 is 5.73 Å². The van der Waals surface area contributed by atoms with Gasteiger partial charge >= 0.3 is 0 Å². The predicted molar refractivity (Wildman–Crippen MR) is 86.0 cm³/mol. The van der Waals surface area contributed by atoms with E-state index in [-0.39, 0.29) is 11.8 Å². The lowest BCUT2D eigenvalue weighted by Crippen LogP contribution is -2.34. The van der Waals surface area contributed by atoms with Crippen LogP contribution in [0.3, 0.4) is 0 Å². The van der Waals surface area contributed by atoms with Gasteiger partial charge in [-0.05, 0) is 13.3 Å². The van der Waals surface area contributed by atoms with Gasteiger partial charge in [0, 0.05) is 26.1 Å². The third-order valence-electron chi connectivity index (χ3n) is 3.56. The molecule has 2 N–H and O–H groups in total. The van der Waals surface area contributed by atoms with Gasteiger partial charge in [0.2, 0.25) is 5.91 Å². The average Bonchev–Trinajstić information content (AvgIpc) is 2.87. The maximum Gasteiger partial charge on any atom is 0.225 e. The number of anilines is 1. The van der Waals surface area contributed by atoms with Gasteiger partial charge in [0.15, 0.2) is 11.5 Å². The van der Waals surface area contributed by atoms with Crippen molar-refractivity contribution in [3.8, 4) is 0 Å². The summed E-state index contributed by atoms with van der Waals surface area (Å²) in [5.74, 6) is 0.421. The highest BCUT2D eigenvalue weighted by atomic mass is 16.2. The third-order valence-corrected chi connectivity index (χ3v) is 3.56. The van der Waals surface area contributed by atoms with Crippen LogP contribution in [0, 0.1) is 5.92 Å². The van der Waals surface area contributed by atoms with Crippen LogP contribution in [0.5, 0.6) is 0 Å². The minimum atomic E-state index is -0.0556. The van der Waals surface area contributed by atoms with Crippen molar-refractivity contribution in [3.63, 3.8) is 0 Å². The summed E-state index contributed by atoms with van der Waals surface area (Å²) in [6.07, 6.45) is 3.80. The molecule has 0 fully saturated rings. The Labute approximate surface area is 129 Å². The first kappa shape index (κ1) is 15.9. The first-order chi connectivity index (χ1) is 10.4. The SMILES string of the molecule is C=C(C)CC(C)C(=O)N(C)CCn1cnc2c(N)ncnc21. The number of rotatable bonds is 6. The molecule has 0 saturated heterocycles. The van der Waals surface area contributed by atoms with E-state index in [1.54, 1.807) is 18.3 Å². The molecule has 1 unspecified atom stereocenters. The van der Waals surface area contributed by atoms with Gasteiger partial charge in [-0.3, -0.25) is 4.79 Å². The lowest BCUT2D eigenvalue weighted by molar-refractivity contribution is -0.133. The van der Waals surface area contributed by atoms with E-state index in [2.05, 4.69) is 21.5 Å². The van der Waals surface area contributed by atoms with Crippen LogP contribution in [0.4, 0.5) is 5.82 Å². The number of nitrogens with two attached hydrogens (primary N) is 1. The van der Waals surface area contributed by atoms with E-state index in [0.717, 1.165) is 5.57 Å². The Hall–Kier alpha value is -2.44. The van der Waals surface area contributed by atoms with Gasteiger partial charge in [-0.15, -0.1) is 6.58 Å². The maximum absolute atomic E-state index is 12.3. The number of likely N-dealkylation sites (N-methyl/N-ethyl adjacent to an activating group) is 1. The second-order valence-corrected chi connectivity index (χ2v) is 5.69. The fraction of sp³-hybridized carbons (Fsp3) is 0.467. The highest BCUT2D eigenvalue weighted by Gasteiger charge is 2.17. The molecule has 1 atom stereocenters. The monoisotopic (exact) mass is 302 g/mol. The number of allylic oxidation sites excluding steroid dienone is 1. The molecule has 0 radical (unpaired) electrons. The molecule has 118 valence electrons. The summed E-state index contributed by atoms with van der Waals surface area (Å²) in [6.45, 7) is 8.90. The number of hydrogen-bond acceptors (Lipinski definition) is 5. The van der Waals surface area contributed by atoms with Crippen molar-refractivity contribution in [2.24, 2.45) is 5.92 Å². The Balaban J connectivity index is 2.01. The molecule has 0 aromatic carbocycles. The Kier molecular flexibility index (Phi) is 4.75. The third kappa shape index (κ3) is 3.41. The van der Waals surface area contributed by atoms with E-state index in [1.807, 2.05) is 18.4 Å². The number of amides is 1. The molecule has 7 nitrogen and oxygen atoms in total. The topological polar surface area (TPSA) is 89.9 Å². The second-order valence-electron chi connectivity index (χ2n) is 5.69. The van der Waals surface area contributed by atoms with Gasteiger partial charge < -0.3 is 15.2 Å². The zero-order valence-corrected chi connectivity index (χ0v) is 13.3. The Bertz CT molecular complexity index is 692. The fourth-order valence-electron chi connectivity index (χ4n) is 2.42. The number of hydrogen-bond donors (Lipinski definition) is 1. The van der Waals surface area contributed by atoms with Crippen molar-refractivity contribution in [2.45, 2.75) is 26.8 Å². The van der Waals surface area contributed by atoms with E-state index in [1.165, 1.54) is 6.33 Å². The molecule has 0 aliphatic carbocycles. The molecule has 0 aliphatic heterocycles. The van der Waals surface area contributed by atoms with Gasteiger partial charge in [0.05, 0.1) is 6.33 Å². The molecule has 0 spiro atoms. The summed E-state index contributed by atoms with van der Waals surface area (Å²) in [5.41, 5.74) is 8.05. The standard InChI is InChI=1S/C15H22N6O/c1-10(2)7-11(3)15(22)20(4)5-6-21-9-19-12-13(16)17-8-18-14(12)21/h8-9,11H,1,5-7H2,2-4H3,(H2,16,17,18). The van der Waals surface area contributed by atoms with Gasteiger partial charge in [-0.2, -0.15) is 0 Å². The Morgan fingerprint density at radius 2 is 2.18 bits per heavy atom. The van der Waals surface area contributed by atoms with Crippen molar-refractivity contribution < 1.29 is 4.79 Å². The van der Waals surface area contributed by atoms with Crippen LogP contribution in [-0.4, -0.2) is 43.9 Å². The summed E-state index contributed by atoms with van der Waals surface area (Å²) in [7, 11) is 1.81. The van der Waals surface area contributed by atoms with E-state index in [0.29, 0.717) is 36.5 Å². The summed E-state index contributed by atoms with van der Waals surface area (Å²) < 4.78 is 1.88. The Morgan fingerprint density at radius 1 is 1.45 bits per heavy atom. The summed E-state index contributed by atoms with van der Waals surface area (Å²) in [5, 5.41) is 0. The van der Waals surface area contributed by atoms with Crippen molar-refractivity contribution in [2.75, 3.05) is 19.3 Å². The van der Waals surface area contributed by atoms with Crippen LogP contribution in [0.2, 0.25) is 0 Å². The van der Waals surface area contributed by atoms with E-state index >= 15 is 0 Å². The van der Waals surface area contributed by atoms with E-state index < -0.39 is 0 Å². The smallest absolute Gasteiger partial charge is 0.225 e. The van der Waals surface area contributed by atoms with Crippen LogP contribution in [0.1, 0.15) is 20.3 Å². The van der Waals surface area contributed by atoms with E-state index in [4.69, 9.17) is 5.73 Å². The first-order valence-electron chi connectivity index (χ1n) is 7.20. The van der Waals surface area contributed by atoms with Crippen LogP contribution >= 0.6 is 0 Å². The van der Waals surface area contributed by atoms with Gasteiger partial charge in [0.1, 0.15) is 11.8 Å². The van der Waals surface area contributed by atoms with Gasteiger partial charge in [-0.25, -0.2) is 15.0 Å². The minimum Gasteiger partial charge on any atom is -0.382 e. The molecule has 2 rings (SSSR count). The molecule has 2 aromatic rings. The molecule has 0 bridgehead atoms. The number of carbonyl (C=O) groups excluding carboxylic acids is 1. The predicted octanol–water partition coefficient (Wildman–Crippen LogP) is 1.47. The summed E-state index contributed by atoms with van der Waals surface area (Å²) in [6, 6.07) is 0. The Morgan fingerprint density at radius 3 is 2.86 bits per heavy atom. The summed E-state index contributed by atoms with van der Waals surface area (Å²) in [4.78, 5) is 26.3. The lowest BCUT2D eigenvalue weighted by Gasteiger charge is -2.21. The normalized spacial score (nSPS) is 12.3. The number of carbonyl (C=O) groups is 1. The number of aromatic nitrogens is 4. The largest absolute Gasteiger partial charge is 0.382 e. The quantitative estimate of drug-likeness (QED) is 0.816. The zero-order chi connectivity index (χ0) is 16.3. The number of imidazole rings is 1. The van der Waals surface area contributed by atoms with Crippen LogP contribution in [0.25, 0.3) is 11.2 Å². The highest BCUT2D eigenvalue weighted by Crippen LogP contribution is 2.15. The number of nitrogens with zero attached hydrogens (tertiary/aromatic N) is 5. The van der Waals surface area contributed by atoms with Crippen molar-refractivity contribution >= 4 is 22.9 Å². The zero-order valence-electron chi connectivity index (χ0n) is 13.3. The first-order valence-corrected chi connectivity index (χ1v) is 7.20. The van der Waals surface area contributed by atoms with Crippen LogP contribution in [-0.2, 0) is 11.3 Å². The molecule has 2 aromatic heterocycles. The van der Waals surface area contributed by atoms with Crippen molar-refractivity contribution in [3.05, 3.63) is 24.8 Å². The maximum atomic E-state index is 12.3. The molecular formula is C15H22N6O. The number of fused-ring (bicyclic) bond motifs is 1. The van der Waals surface area contributed by atoms with Gasteiger partial charge in [-0.1, -0.05) is 12.5 Å². The molecular weight excluding hydrogens is 280 g/mol. The molecule has 0 aliphatic rings. The fourth-order valence-corrected chi connectivity index (χ4v) is 2.42. The molecule has 1 amide bonds. The van der Waals surface area contributed by atoms with Crippen LogP contribution in [0.15, 0.2) is 24.8 Å². The molecule has 0 saturated carbocycles. The number of nitrogen functional groups attached to an aromatic ring is 1. The highest BCUT2D eigenvalue weighted by molar-refractivity contribution is 5.81. The lowest BCUT2D eigenvalue weighted by atomic mass is 10.0. The van der Waals surface area contributed by atoms with E-state index in [9.17, 15) is 4.79 Å². The summed E-state index contributed by atoms with van der Waals surface area (Å²) >= 11 is 0. The van der Waals surface area contributed by atoms with Gasteiger partial charge in [0.25, 0.3) is 0 Å². The van der Waals surface area contributed by atoms with Crippen molar-refractivity contribution in [1.29, 1.82) is 0 Å². The minimum absolute atomic E-state index is 0.0556. The van der Waals surface area contributed by atoms with Crippen molar-refractivity contribution in [1.82, 2.24) is 24.4 Å².